The fourth-order valence-electron chi connectivity index (χ4n) is 7.92. The van der Waals surface area contributed by atoms with Gasteiger partial charge in [0.15, 0.2) is 0 Å². The summed E-state index contributed by atoms with van der Waals surface area (Å²) in [6.45, 7) is 0. The van der Waals surface area contributed by atoms with Gasteiger partial charge in [0.1, 0.15) is 0 Å². The van der Waals surface area contributed by atoms with E-state index >= 15 is 0 Å². The van der Waals surface area contributed by atoms with Crippen molar-refractivity contribution in [2.24, 2.45) is 0 Å². The normalized spacial score (nSPS) is 11.6. The number of rotatable bonds is 5. The standard InChI is InChI=1S/C48H32N2/c1-3-14-33(15-4-1)34-26-28-36(29-27-34)49-44-23-11-9-20-40(44)43-32-37(30-31-46(43)49)50-45-24-12-10-21-42(45)48-41(22-13-25-47(48)50)39-19-8-7-18-38(39)35-16-5-2-6-17-35/h1-32H. The van der Waals surface area contributed by atoms with E-state index < -0.39 is 0 Å². The molecule has 50 heavy (non-hydrogen) atoms. The lowest BCUT2D eigenvalue weighted by Crippen LogP contribution is -1.96. The summed E-state index contributed by atoms with van der Waals surface area (Å²) in [5.41, 5.74) is 14.5. The van der Waals surface area contributed by atoms with Crippen LogP contribution in [0.2, 0.25) is 0 Å². The van der Waals surface area contributed by atoms with Crippen LogP contribution in [0, 0.1) is 0 Å². The maximum Gasteiger partial charge on any atom is 0.0547 e. The van der Waals surface area contributed by atoms with Crippen LogP contribution in [0.25, 0.3) is 88.4 Å². The lowest BCUT2D eigenvalue weighted by molar-refractivity contribution is 1.17. The molecule has 0 unspecified atom stereocenters. The second kappa shape index (κ2) is 11.5. The summed E-state index contributed by atoms with van der Waals surface area (Å²) in [5, 5.41) is 5.01. The van der Waals surface area contributed by atoms with E-state index in [9.17, 15) is 0 Å². The summed E-state index contributed by atoms with van der Waals surface area (Å²) >= 11 is 0. The highest BCUT2D eigenvalue weighted by Gasteiger charge is 2.19. The van der Waals surface area contributed by atoms with Crippen molar-refractivity contribution in [1.82, 2.24) is 9.13 Å². The third-order valence-electron chi connectivity index (χ3n) is 10.1. The van der Waals surface area contributed by atoms with Gasteiger partial charge in [-0.2, -0.15) is 0 Å². The van der Waals surface area contributed by atoms with Crippen molar-refractivity contribution in [3.8, 4) is 44.8 Å². The molecule has 0 fully saturated rings. The number of benzene rings is 8. The number of hydrogen-bond acceptors (Lipinski definition) is 0. The monoisotopic (exact) mass is 636 g/mol. The van der Waals surface area contributed by atoms with E-state index in [1.807, 2.05) is 0 Å². The molecule has 0 aliphatic heterocycles. The first-order chi connectivity index (χ1) is 24.8. The van der Waals surface area contributed by atoms with E-state index in [0.717, 1.165) is 11.4 Å². The van der Waals surface area contributed by atoms with Crippen molar-refractivity contribution in [2.75, 3.05) is 0 Å². The molecular formula is C48H32N2. The minimum Gasteiger partial charge on any atom is -0.309 e. The van der Waals surface area contributed by atoms with Gasteiger partial charge in [0.2, 0.25) is 0 Å². The fourth-order valence-corrected chi connectivity index (χ4v) is 7.92. The maximum absolute atomic E-state index is 2.44. The van der Waals surface area contributed by atoms with E-state index in [1.54, 1.807) is 0 Å². The summed E-state index contributed by atoms with van der Waals surface area (Å²) in [4.78, 5) is 0. The molecule has 0 aliphatic carbocycles. The summed E-state index contributed by atoms with van der Waals surface area (Å²) in [6, 6.07) is 70.3. The zero-order valence-corrected chi connectivity index (χ0v) is 27.4. The highest BCUT2D eigenvalue weighted by Crippen LogP contribution is 2.42. The molecule has 0 saturated heterocycles. The quantitative estimate of drug-likeness (QED) is 0.178. The van der Waals surface area contributed by atoms with Crippen LogP contribution in [0.15, 0.2) is 194 Å². The molecule has 2 nitrogen and oxygen atoms in total. The van der Waals surface area contributed by atoms with Gasteiger partial charge in [-0.1, -0.05) is 146 Å². The van der Waals surface area contributed by atoms with Crippen molar-refractivity contribution in [3.05, 3.63) is 194 Å². The second-order valence-corrected chi connectivity index (χ2v) is 12.9. The Morgan fingerprint density at radius 3 is 1.52 bits per heavy atom. The van der Waals surface area contributed by atoms with Crippen molar-refractivity contribution < 1.29 is 0 Å². The Bertz CT molecular complexity index is 2840. The minimum absolute atomic E-state index is 1.15. The summed E-state index contributed by atoms with van der Waals surface area (Å²) in [7, 11) is 0. The van der Waals surface area contributed by atoms with Crippen LogP contribution in [-0.4, -0.2) is 9.13 Å². The van der Waals surface area contributed by atoms with Crippen LogP contribution in [-0.2, 0) is 0 Å². The molecule has 10 rings (SSSR count). The summed E-state index contributed by atoms with van der Waals surface area (Å²) in [5.74, 6) is 0. The van der Waals surface area contributed by atoms with Crippen LogP contribution in [0.1, 0.15) is 0 Å². The number of fused-ring (bicyclic) bond motifs is 6. The Labute approximate surface area is 290 Å². The first kappa shape index (κ1) is 28.4. The smallest absolute Gasteiger partial charge is 0.0547 e. The van der Waals surface area contributed by atoms with Crippen LogP contribution >= 0.6 is 0 Å². The molecule has 234 valence electrons. The number of nitrogens with zero attached hydrogens (tertiary/aromatic N) is 2. The highest BCUT2D eigenvalue weighted by molar-refractivity contribution is 6.17. The Kier molecular flexibility index (Phi) is 6.53. The zero-order valence-electron chi connectivity index (χ0n) is 27.4. The zero-order chi connectivity index (χ0) is 33.0. The number of para-hydroxylation sites is 2. The highest BCUT2D eigenvalue weighted by atomic mass is 15.0. The molecular weight excluding hydrogens is 605 g/mol. The first-order valence-corrected chi connectivity index (χ1v) is 17.2. The Morgan fingerprint density at radius 2 is 0.760 bits per heavy atom. The van der Waals surface area contributed by atoms with Crippen molar-refractivity contribution >= 4 is 43.6 Å². The Balaban J connectivity index is 1.18. The Hall–Kier alpha value is -6.64. The number of aromatic nitrogens is 2. The summed E-state index contributed by atoms with van der Waals surface area (Å²) < 4.78 is 4.84. The van der Waals surface area contributed by atoms with Gasteiger partial charge in [-0.25, -0.2) is 0 Å². The average molecular weight is 637 g/mol. The van der Waals surface area contributed by atoms with E-state index in [1.165, 1.54) is 77.0 Å². The van der Waals surface area contributed by atoms with E-state index in [4.69, 9.17) is 0 Å². The molecule has 0 spiro atoms. The van der Waals surface area contributed by atoms with Gasteiger partial charge in [-0.3, -0.25) is 0 Å². The molecule has 2 aromatic heterocycles. The van der Waals surface area contributed by atoms with E-state index in [2.05, 4.69) is 203 Å². The van der Waals surface area contributed by atoms with Crippen LogP contribution in [0.5, 0.6) is 0 Å². The fraction of sp³-hybridized carbons (Fsp3) is 0. The largest absolute Gasteiger partial charge is 0.309 e. The predicted octanol–water partition coefficient (Wildman–Crippen LogP) is 12.9. The third kappa shape index (κ3) is 4.43. The Morgan fingerprint density at radius 1 is 0.260 bits per heavy atom. The van der Waals surface area contributed by atoms with Crippen LogP contribution in [0.4, 0.5) is 0 Å². The van der Waals surface area contributed by atoms with Gasteiger partial charge < -0.3 is 9.13 Å². The molecule has 2 heterocycles. The molecule has 0 amide bonds. The third-order valence-corrected chi connectivity index (χ3v) is 10.1. The van der Waals surface area contributed by atoms with Crippen LogP contribution < -0.4 is 0 Å². The van der Waals surface area contributed by atoms with Gasteiger partial charge in [0, 0.05) is 32.9 Å². The van der Waals surface area contributed by atoms with Gasteiger partial charge in [-0.05, 0) is 81.9 Å². The minimum atomic E-state index is 1.15. The lowest BCUT2D eigenvalue weighted by atomic mass is 9.92. The molecule has 8 aromatic carbocycles. The maximum atomic E-state index is 2.44. The SMILES string of the molecule is c1ccc(-c2ccc(-n3c4ccccc4c4cc(-n5c6ccccc6c6c(-c7ccccc7-c7ccccc7)cccc65)ccc43)cc2)cc1. The van der Waals surface area contributed by atoms with E-state index in [0.29, 0.717) is 0 Å². The van der Waals surface area contributed by atoms with Crippen molar-refractivity contribution in [1.29, 1.82) is 0 Å². The first-order valence-electron chi connectivity index (χ1n) is 17.2. The van der Waals surface area contributed by atoms with Gasteiger partial charge >= 0.3 is 0 Å². The van der Waals surface area contributed by atoms with E-state index in [-0.39, 0.29) is 0 Å². The molecule has 0 atom stereocenters. The van der Waals surface area contributed by atoms with Gasteiger partial charge in [-0.15, -0.1) is 0 Å². The predicted molar refractivity (Wildman–Crippen MR) is 211 cm³/mol. The number of hydrogen-bond donors (Lipinski definition) is 0. The van der Waals surface area contributed by atoms with Gasteiger partial charge in [0.25, 0.3) is 0 Å². The molecule has 0 aliphatic rings. The van der Waals surface area contributed by atoms with Crippen molar-refractivity contribution in [2.45, 2.75) is 0 Å². The lowest BCUT2D eigenvalue weighted by Gasteiger charge is -2.13. The molecule has 0 bridgehead atoms. The summed E-state index contributed by atoms with van der Waals surface area (Å²) in [6.07, 6.45) is 0. The second-order valence-electron chi connectivity index (χ2n) is 12.9. The van der Waals surface area contributed by atoms with Crippen molar-refractivity contribution in [3.63, 3.8) is 0 Å². The average Bonchev–Trinajstić information content (AvgIpc) is 3.71. The molecule has 0 radical (unpaired) electrons. The molecule has 10 aromatic rings. The molecule has 0 saturated carbocycles. The van der Waals surface area contributed by atoms with Gasteiger partial charge in [0.05, 0.1) is 22.1 Å². The molecule has 2 heteroatoms. The molecule has 0 N–H and O–H groups in total. The van der Waals surface area contributed by atoms with Crippen LogP contribution in [0.3, 0.4) is 0 Å². The topological polar surface area (TPSA) is 9.86 Å².